The van der Waals surface area contributed by atoms with Crippen LogP contribution in [0, 0.1) is 17.8 Å². The summed E-state index contributed by atoms with van der Waals surface area (Å²) in [5.41, 5.74) is -5.09. The van der Waals surface area contributed by atoms with E-state index in [0.717, 1.165) is 6.42 Å². The normalized spacial score (nSPS) is 30.2. The van der Waals surface area contributed by atoms with Gasteiger partial charge in [0.2, 0.25) is 0 Å². The van der Waals surface area contributed by atoms with Gasteiger partial charge in [-0.2, -0.15) is 26.3 Å². The van der Waals surface area contributed by atoms with Gasteiger partial charge in [0.05, 0.1) is 0 Å². The first-order chi connectivity index (χ1) is 11.6. The molecule has 0 amide bonds. The number of ether oxygens (including phenoxy) is 1. The summed E-state index contributed by atoms with van der Waals surface area (Å²) in [6.45, 7) is 2.94. The second kappa shape index (κ2) is 6.97. The van der Waals surface area contributed by atoms with Gasteiger partial charge in [-0.1, -0.05) is 35.9 Å². The molecule has 0 aliphatic heterocycles. The number of halogens is 7. The van der Waals surface area contributed by atoms with Crippen LogP contribution in [-0.2, 0) is 9.53 Å². The van der Waals surface area contributed by atoms with E-state index in [1.54, 1.807) is 29.5 Å². The molecule has 10 heteroatoms. The summed E-state index contributed by atoms with van der Waals surface area (Å²) in [6.07, 6.45) is -12.8. The lowest BCUT2D eigenvalue weighted by Crippen LogP contribution is -2.67. The fraction of sp³-hybridized carbons (Fsp3) is 0.938. The second-order valence-electron chi connectivity index (χ2n) is 7.48. The summed E-state index contributed by atoms with van der Waals surface area (Å²) >= 11 is 1.64. The maximum atomic E-state index is 13.4. The van der Waals surface area contributed by atoms with E-state index in [2.05, 4.69) is 0 Å². The van der Waals surface area contributed by atoms with E-state index in [9.17, 15) is 36.2 Å². The molecule has 2 bridgehead atoms. The van der Waals surface area contributed by atoms with E-state index < -0.39 is 45.3 Å². The third-order valence-electron chi connectivity index (χ3n) is 5.78. The van der Waals surface area contributed by atoms with Gasteiger partial charge in [-0.3, -0.25) is 4.79 Å². The van der Waals surface area contributed by atoms with E-state index in [4.69, 9.17) is 4.74 Å². The third-order valence-corrected chi connectivity index (χ3v) is 6.98. The van der Waals surface area contributed by atoms with Crippen molar-refractivity contribution in [3.63, 3.8) is 0 Å². The number of hydrogen-bond acceptors (Lipinski definition) is 3. The lowest BCUT2D eigenvalue weighted by molar-refractivity contribution is -0.397. The van der Waals surface area contributed by atoms with Gasteiger partial charge in [0.15, 0.2) is 6.10 Å². The van der Waals surface area contributed by atoms with Crippen LogP contribution in [0.25, 0.3) is 0 Å². The van der Waals surface area contributed by atoms with Gasteiger partial charge in [-0.15, -0.1) is 0 Å². The van der Waals surface area contributed by atoms with Crippen LogP contribution in [-0.4, -0.2) is 38.6 Å². The lowest BCUT2D eigenvalue weighted by atomic mass is 9.76. The molecule has 2 aliphatic carbocycles. The van der Waals surface area contributed by atoms with Crippen LogP contribution >= 0.6 is 22.6 Å². The molecule has 0 aromatic rings. The van der Waals surface area contributed by atoms with E-state index >= 15 is 0 Å². The van der Waals surface area contributed by atoms with Gasteiger partial charge in [-0.25, -0.2) is 0 Å². The van der Waals surface area contributed by atoms with Crippen molar-refractivity contribution in [3.8, 4) is 0 Å². The number of rotatable bonds is 5. The summed E-state index contributed by atoms with van der Waals surface area (Å²) in [6, 6.07) is 0. The highest BCUT2D eigenvalue weighted by atomic mass is 127. The largest absolute Gasteiger partial charge is 0.457 e. The highest BCUT2D eigenvalue weighted by Crippen LogP contribution is 2.56. The van der Waals surface area contributed by atoms with Gasteiger partial charge in [-0.05, 0) is 44.4 Å². The predicted octanol–water partition coefficient (Wildman–Crippen LogP) is 4.79. The van der Waals surface area contributed by atoms with Crippen molar-refractivity contribution >= 4 is 28.6 Å². The molecule has 0 aromatic carbocycles. The minimum absolute atomic E-state index is 0.00841. The lowest BCUT2D eigenvalue weighted by Gasteiger charge is -2.43. The van der Waals surface area contributed by atoms with Crippen LogP contribution in [0.1, 0.15) is 46.0 Å². The molecule has 0 radical (unpaired) electrons. The number of esters is 1. The van der Waals surface area contributed by atoms with Crippen molar-refractivity contribution in [3.05, 3.63) is 0 Å². The average molecular weight is 502 g/mol. The monoisotopic (exact) mass is 502 g/mol. The van der Waals surface area contributed by atoms with Gasteiger partial charge >= 0.3 is 18.3 Å². The SMILES string of the molecule is CCC(C)(I)C(=O)OC(C1CC2CCC1C2)C(O)(C(F)(F)F)C(F)(F)F. The van der Waals surface area contributed by atoms with Crippen molar-refractivity contribution in [2.45, 2.75) is 73.4 Å². The standard InChI is InChI=1S/C16H21F6IO3/c1-3-13(2,23)12(24)26-11(10-7-8-4-5-9(10)6-8)14(25,15(17,18)19)16(20,21)22/h8-11,25H,3-7H2,1-2H3. The number of fused-ring (bicyclic) bond motifs is 2. The predicted molar refractivity (Wildman–Crippen MR) is 88.6 cm³/mol. The van der Waals surface area contributed by atoms with Crippen molar-refractivity contribution in [2.75, 3.05) is 0 Å². The molecule has 2 fully saturated rings. The Bertz CT molecular complexity index is 531. The van der Waals surface area contributed by atoms with Crippen LogP contribution in [0.3, 0.4) is 0 Å². The Kier molecular flexibility index (Phi) is 5.90. The molecule has 3 nitrogen and oxygen atoms in total. The highest BCUT2D eigenvalue weighted by Gasteiger charge is 2.77. The van der Waals surface area contributed by atoms with E-state index in [1.807, 2.05) is 0 Å². The number of alkyl halides is 7. The van der Waals surface area contributed by atoms with Crippen molar-refractivity contribution in [1.82, 2.24) is 0 Å². The number of carbonyl (C=O) groups excluding carboxylic acids is 1. The molecule has 2 saturated carbocycles. The highest BCUT2D eigenvalue weighted by molar-refractivity contribution is 14.1. The first-order valence-corrected chi connectivity index (χ1v) is 9.48. The van der Waals surface area contributed by atoms with Crippen LogP contribution in [0.4, 0.5) is 26.3 Å². The average Bonchev–Trinajstić information content (AvgIpc) is 3.12. The molecule has 5 atom stereocenters. The summed E-state index contributed by atoms with van der Waals surface area (Å²) in [5.74, 6) is -2.76. The number of aliphatic hydroxyl groups is 1. The molecular weight excluding hydrogens is 481 g/mol. The molecule has 1 N–H and O–H groups in total. The summed E-state index contributed by atoms with van der Waals surface area (Å²) in [7, 11) is 0. The topological polar surface area (TPSA) is 46.5 Å². The zero-order valence-corrected chi connectivity index (χ0v) is 16.4. The molecule has 5 unspecified atom stereocenters. The molecule has 26 heavy (non-hydrogen) atoms. The molecule has 2 rings (SSSR count). The molecule has 0 spiro atoms. The maximum absolute atomic E-state index is 13.4. The molecule has 0 aromatic heterocycles. The van der Waals surface area contributed by atoms with E-state index in [-0.39, 0.29) is 18.8 Å². The first-order valence-electron chi connectivity index (χ1n) is 8.41. The summed E-state index contributed by atoms with van der Waals surface area (Å²) in [4.78, 5) is 12.3. The van der Waals surface area contributed by atoms with Crippen LogP contribution < -0.4 is 0 Å². The van der Waals surface area contributed by atoms with Crippen LogP contribution in [0.2, 0.25) is 0 Å². The second-order valence-corrected chi connectivity index (χ2v) is 9.86. The Balaban J connectivity index is 2.47. The van der Waals surface area contributed by atoms with Gasteiger partial charge in [0, 0.05) is 5.92 Å². The molecular formula is C16H21F6IO3. The van der Waals surface area contributed by atoms with Gasteiger partial charge < -0.3 is 9.84 Å². The van der Waals surface area contributed by atoms with E-state index in [1.165, 1.54) is 6.92 Å². The maximum Gasteiger partial charge on any atom is 0.430 e. The number of hydrogen-bond donors (Lipinski definition) is 1. The summed E-state index contributed by atoms with van der Waals surface area (Å²) < 4.78 is 84.0. The molecule has 0 heterocycles. The molecule has 0 saturated heterocycles. The quantitative estimate of drug-likeness (QED) is 0.255. The van der Waals surface area contributed by atoms with Crippen LogP contribution in [0.15, 0.2) is 0 Å². The third kappa shape index (κ3) is 3.68. The Hall–Kier alpha value is -0.260. The fourth-order valence-electron chi connectivity index (χ4n) is 4.01. The van der Waals surface area contributed by atoms with Gasteiger partial charge in [0.1, 0.15) is 3.42 Å². The fourth-order valence-corrected chi connectivity index (χ4v) is 4.14. The van der Waals surface area contributed by atoms with Gasteiger partial charge in [0.25, 0.3) is 5.60 Å². The van der Waals surface area contributed by atoms with E-state index in [0.29, 0.717) is 12.8 Å². The smallest absolute Gasteiger partial charge is 0.430 e. The Morgan fingerprint density at radius 2 is 1.69 bits per heavy atom. The Labute approximate surface area is 161 Å². The minimum Gasteiger partial charge on any atom is -0.457 e. The van der Waals surface area contributed by atoms with Crippen LogP contribution in [0.5, 0.6) is 0 Å². The minimum atomic E-state index is -6.02. The zero-order valence-electron chi connectivity index (χ0n) is 14.3. The number of carbonyl (C=O) groups is 1. The van der Waals surface area contributed by atoms with Crippen molar-refractivity contribution < 1.29 is 41.0 Å². The zero-order chi connectivity index (χ0) is 20.1. The Morgan fingerprint density at radius 1 is 1.15 bits per heavy atom. The first kappa shape index (κ1) is 22.0. The van der Waals surface area contributed by atoms with Crippen molar-refractivity contribution in [2.24, 2.45) is 17.8 Å². The molecule has 2 aliphatic rings. The van der Waals surface area contributed by atoms with Crippen molar-refractivity contribution in [1.29, 1.82) is 0 Å². The summed E-state index contributed by atoms with van der Waals surface area (Å²) in [5, 5.41) is 9.89. The Morgan fingerprint density at radius 3 is 2.04 bits per heavy atom. The molecule has 152 valence electrons.